The van der Waals surface area contributed by atoms with Gasteiger partial charge in [0.05, 0.1) is 0 Å². The summed E-state index contributed by atoms with van der Waals surface area (Å²) < 4.78 is 11.4. The van der Waals surface area contributed by atoms with E-state index in [1.54, 1.807) is 0 Å². The van der Waals surface area contributed by atoms with Crippen LogP contribution in [0.4, 0.5) is 0 Å². The Balaban J connectivity index is 2.48. The molecule has 0 aromatic heterocycles. The summed E-state index contributed by atoms with van der Waals surface area (Å²) in [5, 5.41) is 3.82. The van der Waals surface area contributed by atoms with E-state index >= 15 is 0 Å². The van der Waals surface area contributed by atoms with Crippen molar-refractivity contribution in [1.82, 2.24) is 5.32 Å². The van der Waals surface area contributed by atoms with Crippen LogP contribution in [0.2, 0.25) is 0 Å². The predicted octanol–water partition coefficient (Wildman–Crippen LogP) is 1.29. The van der Waals surface area contributed by atoms with Crippen molar-refractivity contribution in [1.29, 1.82) is 0 Å². The third-order valence-electron chi connectivity index (χ3n) is 2.60. The van der Waals surface area contributed by atoms with Gasteiger partial charge in [-0.25, -0.2) is 0 Å². The Bertz CT molecular complexity index is 159. The van der Waals surface area contributed by atoms with Crippen LogP contribution in [0.3, 0.4) is 0 Å². The molecule has 0 heterocycles. The van der Waals surface area contributed by atoms with Gasteiger partial charge in [0.2, 0.25) is 0 Å². The second-order valence-corrected chi connectivity index (χ2v) is 5.09. The van der Waals surface area contributed by atoms with E-state index < -0.39 is 10.8 Å². The smallest absolute Gasteiger partial charge is 0.0498 e. The van der Waals surface area contributed by atoms with E-state index in [1.165, 1.54) is 19.3 Å². The van der Waals surface area contributed by atoms with Crippen LogP contribution in [-0.2, 0) is 10.8 Å². The van der Waals surface area contributed by atoms with Gasteiger partial charge < -0.3 is 5.32 Å². The summed E-state index contributed by atoms with van der Waals surface area (Å²) in [4.78, 5) is 0. The largest absolute Gasteiger partial charge is 0.313 e. The standard InChI is InChI=1S/C9H19NOS/c1-3-10-8-6-4-5-7-9(8)12(2)11/h8-10H,3-7H2,1-2H3. The Morgan fingerprint density at radius 1 is 1.42 bits per heavy atom. The van der Waals surface area contributed by atoms with Crippen LogP contribution in [0.25, 0.3) is 0 Å². The molecule has 1 N–H and O–H groups in total. The normalized spacial score (nSPS) is 33.2. The van der Waals surface area contributed by atoms with Gasteiger partial charge in [-0.2, -0.15) is 0 Å². The van der Waals surface area contributed by atoms with Crippen molar-refractivity contribution in [3.8, 4) is 0 Å². The lowest BCUT2D eigenvalue weighted by Gasteiger charge is -2.30. The summed E-state index contributed by atoms with van der Waals surface area (Å²) >= 11 is 0. The van der Waals surface area contributed by atoms with E-state index in [4.69, 9.17) is 0 Å². The summed E-state index contributed by atoms with van der Waals surface area (Å²) in [6, 6.07) is 0.509. The van der Waals surface area contributed by atoms with E-state index in [9.17, 15) is 4.21 Å². The molecular formula is C9H19NOS. The zero-order valence-corrected chi connectivity index (χ0v) is 8.82. The van der Waals surface area contributed by atoms with E-state index in [-0.39, 0.29) is 0 Å². The minimum absolute atomic E-state index is 0.402. The first-order valence-corrected chi connectivity index (χ1v) is 6.43. The van der Waals surface area contributed by atoms with Gasteiger partial charge in [0.25, 0.3) is 0 Å². The molecule has 0 amide bonds. The summed E-state index contributed by atoms with van der Waals surface area (Å²) in [6.45, 7) is 3.11. The first kappa shape index (κ1) is 10.2. The molecule has 1 aliphatic rings. The summed E-state index contributed by atoms with van der Waals surface area (Å²) in [6.07, 6.45) is 6.73. The monoisotopic (exact) mass is 189 g/mol. The molecule has 1 fully saturated rings. The lowest BCUT2D eigenvalue weighted by molar-refractivity contribution is 0.385. The summed E-state index contributed by atoms with van der Waals surface area (Å²) in [5.74, 6) is 0. The molecule has 0 aromatic rings. The SMILES string of the molecule is CCNC1CCCCC1S(C)=O. The number of rotatable bonds is 3. The highest BCUT2D eigenvalue weighted by Gasteiger charge is 2.26. The molecule has 1 saturated carbocycles. The molecule has 0 aliphatic heterocycles. The van der Waals surface area contributed by atoms with Crippen LogP contribution >= 0.6 is 0 Å². The number of hydrogen-bond donors (Lipinski definition) is 1. The Morgan fingerprint density at radius 2 is 2.08 bits per heavy atom. The maximum absolute atomic E-state index is 11.4. The second kappa shape index (κ2) is 4.97. The highest BCUT2D eigenvalue weighted by molar-refractivity contribution is 7.85. The van der Waals surface area contributed by atoms with Crippen molar-refractivity contribution in [3.05, 3.63) is 0 Å². The summed E-state index contributed by atoms with van der Waals surface area (Å²) in [7, 11) is -0.646. The molecule has 0 bridgehead atoms. The summed E-state index contributed by atoms with van der Waals surface area (Å²) in [5.41, 5.74) is 0. The van der Waals surface area contributed by atoms with E-state index in [1.807, 2.05) is 6.26 Å². The van der Waals surface area contributed by atoms with Crippen molar-refractivity contribution in [3.63, 3.8) is 0 Å². The van der Waals surface area contributed by atoms with Crippen molar-refractivity contribution in [2.24, 2.45) is 0 Å². The quantitative estimate of drug-likeness (QED) is 0.725. The minimum atomic E-state index is -0.646. The topological polar surface area (TPSA) is 29.1 Å². The van der Waals surface area contributed by atoms with Crippen LogP contribution < -0.4 is 5.32 Å². The third kappa shape index (κ3) is 2.56. The van der Waals surface area contributed by atoms with Gasteiger partial charge in [-0.05, 0) is 19.4 Å². The zero-order chi connectivity index (χ0) is 8.97. The first-order chi connectivity index (χ1) is 5.75. The fourth-order valence-electron chi connectivity index (χ4n) is 1.99. The molecule has 1 aliphatic carbocycles. The number of hydrogen-bond acceptors (Lipinski definition) is 2. The van der Waals surface area contributed by atoms with Crippen molar-refractivity contribution in [2.75, 3.05) is 12.8 Å². The van der Waals surface area contributed by atoms with Gasteiger partial charge in [0.1, 0.15) is 0 Å². The van der Waals surface area contributed by atoms with Gasteiger partial charge >= 0.3 is 0 Å². The van der Waals surface area contributed by atoms with Crippen LogP contribution in [0, 0.1) is 0 Å². The fraction of sp³-hybridized carbons (Fsp3) is 1.00. The van der Waals surface area contributed by atoms with Gasteiger partial charge in [-0.3, -0.25) is 4.21 Å². The molecule has 0 spiro atoms. The highest BCUT2D eigenvalue weighted by Crippen LogP contribution is 2.21. The predicted molar refractivity (Wildman–Crippen MR) is 53.8 cm³/mol. The van der Waals surface area contributed by atoms with Crippen molar-refractivity contribution in [2.45, 2.75) is 43.9 Å². The third-order valence-corrected chi connectivity index (χ3v) is 4.01. The van der Waals surface area contributed by atoms with Crippen LogP contribution in [0.1, 0.15) is 32.6 Å². The molecule has 1 rings (SSSR count). The second-order valence-electron chi connectivity index (χ2n) is 3.49. The Kier molecular flexibility index (Phi) is 4.22. The lowest BCUT2D eigenvalue weighted by Crippen LogP contribution is -2.43. The maximum Gasteiger partial charge on any atom is 0.0498 e. The van der Waals surface area contributed by atoms with E-state index in [2.05, 4.69) is 12.2 Å². The van der Waals surface area contributed by atoms with Crippen molar-refractivity contribution < 1.29 is 4.21 Å². The molecule has 3 unspecified atom stereocenters. The molecule has 72 valence electrons. The average Bonchev–Trinajstić information content (AvgIpc) is 2.05. The molecular weight excluding hydrogens is 170 g/mol. The van der Waals surface area contributed by atoms with Crippen LogP contribution in [0.5, 0.6) is 0 Å². The highest BCUT2D eigenvalue weighted by atomic mass is 32.2. The number of nitrogens with one attached hydrogen (secondary N) is 1. The van der Waals surface area contributed by atoms with E-state index in [0.29, 0.717) is 11.3 Å². The van der Waals surface area contributed by atoms with Gasteiger partial charge in [0.15, 0.2) is 0 Å². The minimum Gasteiger partial charge on any atom is -0.313 e. The van der Waals surface area contributed by atoms with Crippen molar-refractivity contribution >= 4 is 10.8 Å². The first-order valence-electron chi connectivity index (χ1n) is 4.81. The Labute approximate surface area is 77.6 Å². The van der Waals surface area contributed by atoms with Crippen LogP contribution in [0.15, 0.2) is 0 Å². The fourth-order valence-corrected chi connectivity index (χ4v) is 3.18. The molecule has 0 saturated heterocycles. The molecule has 0 aromatic carbocycles. The molecule has 2 nitrogen and oxygen atoms in total. The average molecular weight is 189 g/mol. The lowest BCUT2D eigenvalue weighted by atomic mass is 9.95. The van der Waals surface area contributed by atoms with Gasteiger partial charge in [-0.1, -0.05) is 19.8 Å². The Hall–Kier alpha value is 0.110. The molecule has 12 heavy (non-hydrogen) atoms. The molecule has 3 heteroatoms. The van der Waals surface area contributed by atoms with E-state index in [0.717, 1.165) is 13.0 Å². The molecule has 0 radical (unpaired) electrons. The maximum atomic E-state index is 11.4. The molecule has 3 atom stereocenters. The zero-order valence-electron chi connectivity index (χ0n) is 8.01. The Morgan fingerprint density at radius 3 is 2.67 bits per heavy atom. The van der Waals surface area contributed by atoms with Gasteiger partial charge in [0, 0.05) is 28.3 Å². The van der Waals surface area contributed by atoms with Crippen LogP contribution in [-0.4, -0.2) is 28.3 Å². The van der Waals surface area contributed by atoms with Gasteiger partial charge in [-0.15, -0.1) is 0 Å².